The summed E-state index contributed by atoms with van der Waals surface area (Å²) < 4.78 is 10.5. The van der Waals surface area contributed by atoms with E-state index < -0.39 is 0 Å². The Bertz CT molecular complexity index is 111. The SMILES string of the molecule is C[C@]12CCOC[C@H]1O2. The van der Waals surface area contributed by atoms with E-state index in [2.05, 4.69) is 6.92 Å². The fourth-order valence-electron chi connectivity index (χ4n) is 1.19. The summed E-state index contributed by atoms with van der Waals surface area (Å²) >= 11 is 0. The maximum absolute atomic E-state index is 5.34. The van der Waals surface area contributed by atoms with Crippen LogP contribution in [0.5, 0.6) is 0 Å². The molecule has 2 nitrogen and oxygen atoms in total. The summed E-state index contributed by atoms with van der Waals surface area (Å²) in [5.74, 6) is 0. The van der Waals surface area contributed by atoms with Crippen molar-refractivity contribution in [1.29, 1.82) is 0 Å². The van der Waals surface area contributed by atoms with Gasteiger partial charge in [0.1, 0.15) is 6.10 Å². The Hall–Kier alpha value is -0.0800. The third-order valence-electron chi connectivity index (χ3n) is 2.05. The first-order valence-corrected chi connectivity index (χ1v) is 3.07. The largest absolute Gasteiger partial charge is 0.379 e. The summed E-state index contributed by atoms with van der Waals surface area (Å²) in [5, 5.41) is 0. The highest BCUT2D eigenvalue weighted by molar-refractivity contribution is 5.00. The van der Waals surface area contributed by atoms with Crippen molar-refractivity contribution >= 4 is 0 Å². The van der Waals surface area contributed by atoms with Gasteiger partial charge in [0.05, 0.1) is 12.2 Å². The standard InChI is InChI=1S/C6H10O2/c1-6-2-3-7-4-5(6)8-6/h5H,2-4H2,1H3/t5-,6+/m1/s1. The molecule has 0 aromatic rings. The van der Waals surface area contributed by atoms with E-state index in [1.807, 2.05) is 0 Å². The van der Waals surface area contributed by atoms with Crippen molar-refractivity contribution in [2.75, 3.05) is 13.2 Å². The van der Waals surface area contributed by atoms with Crippen LogP contribution in [-0.2, 0) is 9.47 Å². The zero-order chi connectivity index (χ0) is 5.61. The van der Waals surface area contributed by atoms with Crippen LogP contribution in [0, 0.1) is 0 Å². The smallest absolute Gasteiger partial charge is 0.110 e. The van der Waals surface area contributed by atoms with Crippen LogP contribution in [0.1, 0.15) is 13.3 Å². The van der Waals surface area contributed by atoms with Crippen molar-refractivity contribution in [3.05, 3.63) is 0 Å². The van der Waals surface area contributed by atoms with Crippen molar-refractivity contribution in [2.45, 2.75) is 25.0 Å². The molecule has 0 N–H and O–H groups in total. The summed E-state index contributed by atoms with van der Waals surface area (Å²) in [6.45, 7) is 3.85. The van der Waals surface area contributed by atoms with E-state index in [4.69, 9.17) is 9.47 Å². The van der Waals surface area contributed by atoms with Crippen LogP contribution in [0.3, 0.4) is 0 Å². The third-order valence-corrected chi connectivity index (χ3v) is 2.05. The molecule has 0 bridgehead atoms. The molecular formula is C6H10O2. The molecule has 0 radical (unpaired) electrons. The summed E-state index contributed by atoms with van der Waals surface area (Å²) in [7, 11) is 0. The van der Waals surface area contributed by atoms with Crippen LogP contribution in [-0.4, -0.2) is 24.9 Å². The first kappa shape index (κ1) is 4.77. The minimum atomic E-state index is 0.220. The van der Waals surface area contributed by atoms with Gasteiger partial charge in [0.2, 0.25) is 0 Å². The van der Waals surface area contributed by atoms with Gasteiger partial charge in [-0.1, -0.05) is 0 Å². The number of hydrogen-bond donors (Lipinski definition) is 0. The van der Waals surface area contributed by atoms with Crippen LogP contribution in [0.15, 0.2) is 0 Å². The molecule has 0 aliphatic carbocycles. The second-order valence-corrected chi connectivity index (χ2v) is 2.74. The Morgan fingerprint density at radius 1 is 1.62 bits per heavy atom. The van der Waals surface area contributed by atoms with Gasteiger partial charge in [0, 0.05) is 13.0 Å². The van der Waals surface area contributed by atoms with Crippen molar-refractivity contribution in [3.63, 3.8) is 0 Å². The molecule has 2 saturated heterocycles. The first-order chi connectivity index (χ1) is 3.81. The Morgan fingerprint density at radius 2 is 2.50 bits per heavy atom. The lowest BCUT2D eigenvalue weighted by Gasteiger charge is -2.11. The molecule has 2 heteroatoms. The normalized spacial score (nSPS) is 52.9. The van der Waals surface area contributed by atoms with Gasteiger partial charge in [-0.2, -0.15) is 0 Å². The molecule has 2 heterocycles. The van der Waals surface area contributed by atoms with Gasteiger partial charge in [0.15, 0.2) is 0 Å². The fraction of sp³-hybridized carbons (Fsp3) is 1.00. The van der Waals surface area contributed by atoms with E-state index >= 15 is 0 Å². The molecule has 2 fully saturated rings. The van der Waals surface area contributed by atoms with Gasteiger partial charge in [-0.25, -0.2) is 0 Å². The van der Waals surface area contributed by atoms with Crippen LogP contribution < -0.4 is 0 Å². The van der Waals surface area contributed by atoms with Crippen LogP contribution in [0.4, 0.5) is 0 Å². The Labute approximate surface area is 48.8 Å². The van der Waals surface area contributed by atoms with Gasteiger partial charge in [-0.3, -0.25) is 0 Å². The van der Waals surface area contributed by atoms with Crippen molar-refractivity contribution in [1.82, 2.24) is 0 Å². The van der Waals surface area contributed by atoms with Gasteiger partial charge in [-0.05, 0) is 6.92 Å². The lowest BCUT2D eigenvalue weighted by molar-refractivity contribution is 0.101. The molecule has 0 aromatic carbocycles. The predicted octanol–water partition coefficient (Wildman–Crippen LogP) is 0.564. The highest BCUT2D eigenvalue weighted by Crippen LogP contribution is 2.41. The second kappa shape index (κ2) is 1.25. The lowest BCUT2D eigenvalue weighted by Crippen LogP contribution is -2.22. The number of fused-ring (bicyclic) bond motifs is 1. The summed E-state index contributed by atoms with van der Waals surface area (Å²) in [6.07, 6.45) is 1.51. The van der Waals surface area contributed by atoms with Crippen molar-refractivity contribution < 1.29 is 9.47 Å². The average Bonchev–Trinajstić information content (AvgIpc) is 2.39. The zero-order valence-corrected chi connectivity index (χ0v) is 5.02. The predicted molar refractivity (Wildman–Crippen MR) is 28.7 cm³/mol. The summed E-state index contributed by atoms with van der Waals surface area (Å²) in [5.41, 5.74) is 0.220. The van der Waals surface area contributed by atoms with Gasteiger partial charge >= 0.3 is 0 Å². The number of epoxide rings is 1. The molecule has 0 saturated carbocycles. The van der Waals surface area contributed by atoms with Crippen LogP contribution >= 0.6 is 0 Å². The molecule has 8 heavy (non-hydrogen) atoms. The Balaban J connectivity index is 2.04. The van der Waals surface area contributed by atoms with E-state index in [-0.39, 0.29) is 5.60 Å². The number of rotatable bonds is 0. The molecule has 0 spiro atoms. The summed E-state index contributed by atoms with van der Waals surface area (Å²) in [6, 6.07) is 0. The van der Waals surface area contributed by atoms with Gasteiger partial charge in [-0.15, -0.1) is 0 Å². The molecule has 0 unspecified atom stereocenters. The minimum absolute atomic E-state index is 0.220. The fourth-order valence-corrected chi connectivity index (χ4v) is 1.19. The number of ether oxygens (including phenoxy) is 2. The van der Waals surface area contributed by atoms with E-state index in [0.29, 0.717) is 6.10 Å². The zero-order valence-electron chi connectivity index (χ0n) is 5.02. The Morgan fingerprint density at radius 3 is 3.00 bits per heavy atom. The van der Waals surface area contributed by atoms with Crippen molar-refractivity contribution in [2.24, 2.45) is 0 Å². The molecule has 46 valence electrons. The van der Waals surface area contributed by atoms with Gasteiger partial charge < -0.3 is 9.47 Å². The average molecular weight is 114 g/mol. The van der Waals surface area contributed by atoms with Crippen molar-refractivity contribution in [3.8, 4) is 0 Å². The van der Waals surface area contributed by atoms with E-state index in [1.54, 1.807) is 0 Å². The second-order valence-electron chi connectivity index (χ2n) is 2.74. The first-order valence-electron chi connectivity index (χ1n) is 3.07. The molecule has 2 aliphatic heterocycles. The number of hydrogen-bond acceptors (Lipinski definition) is 2. The maximum atomic E-state index is 5.34. The maximum Gasteiger partial charge on any atom is 0.110 e. The third kappa shape index (κ3) is 0.501. The topological polar surface area (TPSA) is 21.8 Å². The van der Waals surface area contributed by atoms with E-state index in [9.17, 15) is 0 Å². The van der Waals surface area contributed by atoms with Crippen LogP contribution in [0.25, 0.3) is 0 Å². The highest BCUT2D eigenvalue weighted by atomic mass is 16.6. The Kier molecular flexibility index (Phi) is 0.746. The van der Waals surface area contributed by atoms with Gasteiger partial charge in [0.25, 0.3) is 0 Å². The summed E-state index contributed by atoms with van der Waals surface area (Å²) in [4.78, 5) is 0. The monoisotopic (exact) mass is 114 g/mol. The lowest BCUT2D eigenvalue weighted by atomic mass is 10.0. The quantitative estimate of drug-likeness (QED) is 0.429. The molecule has 2 atom stereocenters. The van der Waals surface area contributed by atoms with E-state index in [0.717, 1.165) is 19.6 Å². The van der Waals surface area contributed by atoms with E-state index in [1.165, 1.54) is 0 Å². The highest BCUT2D eigenvalue weighted by Gasteiger charge is 2.53. The molecular weight excluding hydrogens is 104 g/mol. The molecule has 0 amide bonds. The molecule has 2 aliphatic rings. The molecule has 0 aromatic heterocycles. The van der Waals surface area contributed by atoms with Crippen LogP contribution in [0.2, 0.25) is 0 Å². The minimum Gasteiger partial charge on any atom is -0.379 e. The molecule has 2 rings (SSSR count).